The maximum atomic E-state index is 5.88. The number of hydrogen-bond acceptors (Lipinski definition) is 4. The average molecular weight is 220 g/mol. The van der Waals surface area contributed by atoms with Crippen LogP contribution in [0.15, 0.2) is 18.5 Å². The van der Waals surface area contributed by atoms with Crippen molar-refractivity contribution in [3.63, 3.8) is 0 Å². The zero-order valence-electron chi connectivity index (χ0n) is 9.77. The number of aromatic nitrogens is 3. The second kappa shape index (κ2) is 3.75. The van der Waals surface area contributed by atoms with Crippen LogP contribution in [0, 0.1) is 0 Å². The van der Waals surface area contributed by atoms with Crippen LogP contribution in [0.25, 0.3) is 11.0 Å². The summed E-state index contributed by atoms with van der Waals surface area (Å²) in [5, 5.41) is 0. The summed E-state index contributed by atoms with van der Waals surface area (Å²) < 4.78 is 7.34. The summed E-state index contributed by atoms with van der Waals surface area (Å²) >= 11 is 0. The molecule has 2 heterocycles. The first-order valence-electron chi connectivity index (χ1n) is 5.14. The number of nitrogens with zero attached hydrogens (tertiary/aromatic N) is 3. The van der Waals surface area contributed by atoms with Crippen molar-refractivity contribution in [1.29, 1.82) is 0 Å². The minimum atomic E-state index is -0.273. The summed E-state index contributed by atoms with van der Waals surface area (Å²) in [6.45, 7) is 4.69. The molecule has 2 aromatic rings. The van der Waals surface area contributed by atoms with Gasteiger partial charge in [-0.2, -0.15) is 0 Å². The van der Waals surface area contributed by atoms with Crippen LogP contribution in [0.1, 0.15) is 13.8 Å². The molecule has 2 aromatic heterocycles. The Hall–Kier alpha value is -1.62. The number of fused-ring (bicyclic) bond motifs is 1. The van der Waals surface area contributed by atoms with Gasteiger partial charge in [-0.05, 0) is 19.9 Å². The van der Waals surface area contributed by atoms with Crippen LogP contribution in [0.4, 0.5) is 5.95 Å². The van der Waals surface area contributed by atoms with Crippen LogP contribution < -0.4 is 5.73 Å². The number of methoxy groups -OCH3 is 1. The Morgan fingerprint density at radius 3 is 2.94 bits per heavy atom. The predicted molar refractivity (Wildman–Crippen MR) is 63.0 cm³/mol. The molecule has 0 aromatic carbocycles. The fourth-order valence-corrected chi connectivity index (χ4v) is 1.61. The quantitative estimate of drug-likeness (QED) is 0.850. The lowest BCUT2D eigenvalue weighted by atomic mass is 10.1. The lowest BCUT2D eigenvalue weighted by molar-refractivity contribution is 0.00947. The van der Waals surface area contributed by atoms with Crippen molar-refractivity contribution in [3.8, 4) is 0 Å². The Morgan fingerprint density at radius 2 is 2.25 bits per heavy atom. The topological polar surface area (TPSA) is 66.0 Å². The smallest absolute Gasteiger partial charge is 0.201 e. The van der Waals surface area contributed by atoms with Crippen molar-refractivity contribution < 1.29 is 4.74 Å². The van der Waals surface area contributed by atoms with Gasteiger partial charge in [0.15, 0.2) is 0 Å². The molecule has 2 rings (SSSR count). The van der Waals surface area contributed by atoms with E-state index in [4.69, 9.17) is 10.5 Å². The SMILES string of the molecule is COC(C)(C)Cn1c(N)nc2cnccc21. The van der Waals surface area contributed by atoms with Gasteiger partial charge in [0.2, 0.25) is 5.95 Å². The van der Waals surface area contributed by atoms with Crippen LogP contribution in [0.3, 0.4) is 0 Å². The summed E-state index contributed by atoms with van der Waals surface area (Å²) in [4.78, 5) is 8.28. The number of anilines is 1. The number of nitrogen functional groups attached to an aromatic ring is 1. The Bertz CT molecular complexity index is 504. The minimum absolute atomic E-state index is 0.273. The highest BCUT2D eigenvalue weighted by Gasteiger charge is 2.20. The second-order valence-corrected chi connectivity index (χ2v) is 4.38. The van der Waals surface area contributed by atoms with Crippen LogP contribution in [0.5, 0.6) is 0 Å². The van der Waals surface area contributed by atoms with Crippen LogP contribution in [-0.4, -0.2) is 27.2 Å². The first-order chi connectivity index (χ1) is 7.53. The summed E-state index contributed by atoms with van der Waals surface area (Å²) in [7, 11) is 1.69. The highest BCUT2D eigenvalue weighted by atomic mass is 16.5. The third-order valence-electron chi connectivity index (χ3n) is 2.67. The Balaban J connectivity index is 2.47. The van der Waals surface area contributed by atoms with Gasteiger partial charge in [-0.15, -0.1) is 0 Å². The molecule has 0 aliphatic heterocycles. The standard InChI is InChI=1S/C11H16N4O/c1-11(2,16-3)7-15-9-4-5-13-6-8(9)14-10(15)12/h4-6H,7H2,1-3H3,(H2,12,14). The predicted octanol–water partition coefficient (Wildman–Crippen LogP) is 1.44. The van der Waals surface area contributed by atoms with E-state index < -0.39 is 0 Å². The number of pyridine rings is 1. The summed E-state index contributed by atoms with van der Waals surface area (Å²) in [6.07, 6.45) is 3.45. The summed E-state index contributed by atoms with van der Waals surface area (Å²) in [5.41, 5.74) is 7.41. The molecule has 0 radical (unpaired) electrons. The Morgan fingerprint density at radius 1 is 1.50 bits per heavy atom. The first-order valence-corrected chi connectivity index (χ1v) is 5.14. The molecule has 0 saturated heterocycles. The highest BCUT2D eigenvalue weighted by molar-refractivity contribution is 5.77. The lowest BCUT2D eigenvalue weighted by Gasteiger charge is -2.24. The van der Waals surface area contributed by atoms with Gasteiger partial charge < -0.3 is 15.0 Å². The van der Waals surface area contributed by atoms with E-state index in [2.05, 4.69) is 9.97 Å². The summed E-state index contributed by atoms with van der Waals surface area (Å²) in [6, 6.07) is 1.91. The van der Waals surface area contributed by atoms with Crippen molar-refractivity contribution in [2.45, 2.75) is 26.0 Å². The Labute approximate surface area is 94.2 Å². The van der Waals surface area contributed by atoms with E-state index in [9.17, 15) is 0 Å². The van der Waals surface area contributed by atoms with E-state index >= 15 is 0 Å². The molecule has 0 aliphatic rings. The molecule has 0 aliphatic carbocycles. The van der Waals surface area contributed by atoms with E-state index in [-0.39, 0.29) is 5.60 Å². The fraction of sp³-hybridized carbons (Fsp3) is 0.455. The van der Waals surface area contributed by atoms with E-state index in [1.807, 2.05) is 24.5 Å². The number of hydrogen-bond donors (Lipinski definition) is 1. The number of ether oxygens (including phenoxy) is 1. The normalized spacial score (nSPS) is 12.2. The van der Waals surface area contributed by atoms with E-state index in [0.29, 0.717) is 12.5 Å². The zero-order chi connectivity index (χ0) is 11.8. The molecule has 86 valence electrons. The maximum Gasteiger partial charge on any atom is 0.201 e. The van der Waals surface area contributed by atoms with Gasteiger partial charge in [0.05, 0.1) is 23.9 Å². The third-order valence-corrected chi connectivity index (χ3v) is 2.67. The van der Waals surface area contributed by atoms with Crippen LogP contribution in [-0.2, 0) is 11.3 Å². The molecule has 0 atom stereocenters. The van der Waals surface area contributed by atoms with Crippen molar-refractivity contribution >= 4 is 17.0 Å². The van der Waals surface area contributed by atoms with Crippen molar-refractivity contribution in [2.75, 3.05) is 12.8 Å². The molecule has 0 fully saturated rings. The monoisotopic (exact) mass is 220 g/mol. The second-order valence-electron chi connectivity index (χ2n) is 4.38. The van der Waals surface area contributed by atoms with Gasteiger partial charge >= 0.3 is 0 Å². The van der Waals surface area contributed by atoms with Gasteiger partial charge in [-0.1, -0.05) is 0 Å². The molecule has 0 amide bonds. The van der Waals surface area contributed by atoms with E-state index in [1.165, 1.54) is 0 Å². The number of rotatable bonds is 3. The molecular formula is C11H16N4O. The van der Waals surface area contributed by atoms with Gasteiger partial charge in [-0.3, -0.25) is 4.98 Å². The number of imidazole rings is 1. The molecular weight excluding hydrogens is 204 g/mol. The highest BCUT2D eigenvalue weighted by Crippen LogP contribution is 2.20. The average Bonchev–Trinajstić information content (AvgIpc) is 2.56. The van der Waals surface area contributed by atoms with Crippen molar-refractivity contribution in [3.05, 3.63) is 18.5 Å². The van der Waals surface area contributed by atoms with Gasteiger partial charge in [0, 0.05) is 13.3 Å². The van der Waals surface area contributed by atoms with Gasteiger partial charge in [0.1, 0.15) is 5.52 Å². The molecule has 0 unspecified atom stereocenters. The maximum absolute atomic E-state index is 5.88. The van der Waals surface area contributed by atoms with Crippen molar-refractivity contribution in [2.24, 2.45) is 0 Å². The first kappa shape index (κ1) is 10.9. The Kier molecular flexibility index (Phi) is 2.55. The van der Waals surface area contributed by atoms with Gasteiger partial charge in [0.25, 0.3) is 0 Å². The zero-order valence-corrected chi connectivity index (χ0v) is 9.77. The molecule has 2 N–H and O–H groups in total. The minimum Gasteiger partial charge on any atom is -0.377 e. The van der Waals surface area contributed by atoms with Crippen LogP contribution >= 0.6 is 0 Å². The van der Waals surface area contributed by atoms with E-state index in [1.54, 1.807) is 19.5 Å². The third kappa shape index (κ3) is 1.86. The molecule has 5 nitrogen and oxygen atoms in total. The molecule has 0 saturated carbocycles. The van der Waals surface area contributed by atoms with Crippen molar-refractivity contribution in [1.82, 2.24) is 14.5 Å². The molecule has 5 heteroatoms. The summed E-state index contributed by atoms with van der Waals surface area (Å²) in [5.74, 6) is 0.494. The van der Waals surface area contributed by atoms with E-state index in [0.717, 1.165) is 11.0 Å². The lowest BCUT2D eigenvalue weighted by Crippen LogP contribution is -2.29. The molecule has 16 heavy (non-hydrogen) atoms. The molecule has 0 bridgehead atoms. The number of nitrogens with two attached hydrogens (primary N) is 1. The molecule has 0 spiro atoms. The van der Waals surface area contributed by atoms with Gasteiger partial charge in [-0.25, -0.2) is 4.98 Å². The fourth-order valence-electron chi connectivity index (χ4n) is 1.61. The van der Waals surface area contributed by atoms with Crippen LogP contribution in [0.2, 0.25) is 0 Å². The largest absolute Gasteiger partial charge is 0.377 e.